The van der Waals surface area contributed by atoms with Gasteiger partial charge >= 0.3 is 0 Å². The molecule has 1 aliphatic heterocycles. The first-order valence-corrected chi connectivity index (χ1v) is 9.81. The number of rotatable bonds is 3. The van der Waals surface area contributed by atoms with Gasteiger partial charge in [0.1, 0.15) is 17.0 Å². The highest BCUT2D eigenvalue weighted by molar-refractivity contribution is 5.84. The fraction of sp³-hybridized carbons (Fsp3) is 0.429. The Labute approximate surface area is 163 Å². The molecule has 0 unspecified atom stereocenters. The number of fused-ring (bicyclic) bond motifs is 1. The molecular formula is C21H22N6O. The summed E-state index contributed by atoms with van der Waals surface area (Å²) in [4.78, 5) is 7.08. The summed E-state index contributed by atoms with van der Waals surface area (Å²) in [5.74, 6) is 0.461. The molecule has 0 radical (unpaired) electrons. The van der Waals surface area contributed by atoms with Crippen molar-refractivity contribution in [1.82, 2.24) is 24.6 Å². The van der Waals surface area contributed by atoms with Gasteiger partial charge in [0.25, 0.3) is 0 Å². The fourth-order valence-electron chi connectivity index (χ4n) is 4.30. The van der Waals surface area contributed by atoms with Crippen LogP contribution in [-0.2, 0) is 0 Å². The van der Waals surface area contributed by atoms with Crippen molar-refractivity contribution in [2.24, 2.45) is 0 Å². The summed E-state index contributed by atoms with van der Waals surface area (Å²) >= 11 is 0. The SMILES string of the molecule is CN1CCC[C@@H](n2cnc3c(C4CC4)c(-c4ccc(C#N)cc4O)nnc32)C1. The Hall–Kier alpha value is -2.98. The molecule has 1 saturated carbocycles. The van der Waals surface area contributed by atoms with Gasteiger partial charge in [0.2, 0.25) is 0 Å². The highest BCUT2D eigenvalue weighted by Crippen LogP contribution is 2.47. The molecule has 2 aliphatic rings. The fourth-order valence-corrected chi connectivity index (χ4v) is 4.30. The second kappa shape index (κ2) is 6.57. The van der Waals surface area contributed by atoms with Crippen LogP contribution in [0.25, 0.3) is 22.4 Å². The van der Waals surface area contributed by atoms with Gasteiger partial charge < -0.3 is 14.6 Å². The van der Waals surface area contributed by atoms with Crippen molar-refractivity contribution >= 4 is 11.2 Å². The summed E-state index contributed by atoms with van der Waals surface area (Å²) in [6.45, 7) is 2.12. The average molecular weight is 374 g/mol. The maximum absolute atomic E-state index is 10.5. The first-order valence-electron chi connectivity index (χ1n) is 9.81. The van der Waals surface area contributed by atoms with Crippen molar-refractivity contribution in [3.63, 3.8) is 0 Å². The molecule has 1 saturated heterocycles. The van der Waals surface area contributed by atoms with Crippen LogP contribution in [0.1, 0.15) is 48.8 Å². The number of nitrogens with zero attached hydrogens (tertiary/aromatic N) is 6. The molecule has 1 aliphatic carbocycles. The summed E-state index contributed by atoms with van der Waals surface area (Å²) in [6.07, 6.45) is 6.39. The number of nitriles is 1. The number of hydrogen-bond donors (Lipinski definition) is 1. The van der Waals surface area contributed by atoms with Crippen molar-refractivity contribution in [3.05, 3.63) is 35.7 Å². The van der Waals surface area contributed by atoms with Crippen molar-refractivity contribution in [2.45, 2.75) is 37.6 Å². The number of likely N-dealkylation sites (N-methyl/N-ethyl adjacent to an activating group) is 1. The van der Waals surface area contributed by atoms with Crippen molar-refractivity contribution in [1.29, 1.82) is 5.26 Å². The van der Waals surface area contributed by atoms with E-state index in [0.717, 1.165) is 49.1 Å². The quantitative estimate of drug-likeness (QED) is 0.757. The molecule has 0 bridgehead atoms. The lowest BCUT2D eigenvalue weighted by Crippen LogP contribution is -2.33. The highest BCUT2D eigenvalue weighted by atomic mass is 16.3. The van der Waals surface area contributed by atoms with Gasteiger partial charge in [0.05, 0.1) is 18.0 Å². The van der Waals surface area contributed by atoms with Gasteiger partial charge in [-0.2, -0.15) is 5.26 Å². The molecule has 5 rings (SSSR count). The molecule has 1 atom stereocenters. The van der Waals surface area contributed by atoms with Crippen LogP contribution in [0, 0.1) is 11.3 Å². The van der Waals surface area contributed by atoms with Gasteiger partial charge in [-0.25, -0.2) is 4.98 Å². The average Bonchev–Trinajstić information content (AvgIpc) is 3.45. The van der Waals surface area contributed by atoms with Crippen LogP contribution in [0.4, 0.5) is 0 Å². The normalized spacial score (nSPS) is 20.4. The Bertz CT molecular complexity index is 1090. The monoisotopic (exact) mass is 374 g/mol. The van der Waals surface area contributed by atoms with Gasteiger partial charge in [-0.05, 0) is 63.4 Å². The van der Waals surface area contributed by atoms with Gasteiger partial charge in [-0.15, -0.1) is 10.2 Å². The minimum atomic E-state index is 0.0583. The van der Waals surface area contributed by atoms with Crippen LogP contribution in [0.2, 0.25) is 0 Å². The van der Waals surface area contributed by atoms with Crippen LogP contribution < -0.4 is 0 Å². The van der Waals surface area contributed by atoms with Crippen molar-refractivity contribution in [3.8, 4) is 23.1 Å². The Balaban J connectivity index is 1.64. The smallest absolute Gasteiger partial charge is 0.183 e. The van der Waals surface area contributed by atoms with Crippen LogP contribution in [0.15, 0.2) is 24.5 Å². The molecule has 0 amide bonds. The topological polar surface area (TPSA) is 90.9 Å². The maximum Gasteiger partial charge on any atom is 0.183 e. The third kappa shape index (κ3) is 2.81. The van der Waals surface area contributed by atoms with Gasteiger partial charge in [0, 0.05) is 23.7 Å². The first kappa shape index (κ1) is 17.1. The Morgan fingerprint density at radius 1 is 1.21 bits per heavy atom. The number of benzene rings is 1. The van der Waals surface area contributed by atoms with E-state index in [-0.39, 0.29) is 5.75 Å². The summed E-state index contributed by atoms with van der Waals surface area (Å²) in [5, 5.41) is 28.6. The van der Waals surface area contributed by atoms with Crippen molar-refractivity contribution in [2.75, 3.05) is 20.1 Å². The minimum Gasteiger partial charge on any atom is -0.507 e. The number of piperidine rings is 1. The van der Waals surface area contributed by atoms with E-state index in [9.17, 15) is 5.11 Å². The van der Waals surface area contributed by atoms with Crippen LogP contribution in [0.5, 0.6) is 5.75 Å². The standard InChI is InChI=1S/C21H22N6O/c1-26-8-2-3-15(11-26)27-12-23-20-18(14-5-6-14)19(24-25-21(20)27)16-7-4-13(10-22)9-17(16)28/h4,7,9,12,14-15,28H,2-3,5-6,8,11H2,1H3/t15-/m1/s1. The number of aromatic hydroxyl groups is 1. The lowest BCUT2D eigenvalue weighted by molar-refractivity contribution is 0.214. The predicted octanol–water partition coefficient (Wildman–Crippen LogP) is 3.21. The van der Waals surface area contributed by atoms with Gasteiger partial charge in [0.15, 0.2) is 5.65 Å². The Morgan fingerprint density at radius 3 is 2.79 bits per heavy atom. The van der Waals surface area contributed by atoms with Crippen molar-refractivity contribution < 1.29 is 5.11 Å². The minimum absolute atomic E-state index is 0.0583. The summed E-state index contributed by atoms with van der Waals surface area (Å²) in [6, 6.07) is 7.35. The Morgan fingerprint density at radius 2 is 2.07 bits per heavy atom. The largest absolute Gasteiger partial charge is 0.507 e. The zero-order valence-corrected chi connectivity index (χ0v) is 15.8. The number of imidazole rings is 1. The number of hydrogen-bond acceptors (Lipinski definition) is 6. The van der Waals surface area contributed by atoms with Crippen LogP contribution in [0.3, 0.4) is 0 Å². The highest BCUT2D eigenvalue weighted by Gasteiger charge is 2.33. The van der Waals surface area contributed by atoms with E-state index in [1.165, 1.54) is 12.5 Å². The lowest BCUT2D eigenvalue weighted by atomic mass is 10.00. The van der Waals surface area contributed by atoms with E-state index in [2.05, 4.69) is 32.8 Å². The number of likely N-dealkylation sites (tertiary alicyclic amines) is 1. The predicted molar refractivity (Wildman–Crippen MR) is 105 cm³/mol. The van der Waals surface area contributed by atoms with Crippen LogP contribution >= 0.6 is 0 Å². The molecule has 1 N–H and O–H groups in total. The maximum atomic E-state index is 10.5. The summed E-state index contributed by atoms with van der Waals surface area (Å²) in [7, 11) is 2.15. The molecule has 28 heavy (non-hydrogen) atoms. The molecule has 0 spiro atoms. The van der Waals surface area contributed by atoms with E-state index in [1.54, 1.807) is 12.1 Å². The molecule has 3 heterocycles. The lowest BCUT2D eigenvalue weighted by Gasteiger charge is -2.30. The van der Waals surface area contributed by atoms with Gasteiger partial charge in [-0.1, -0.05) is 0 Å². The number of phenolic OH excluding ortho intramolecular Hbond substituents is 1. The third-order valence-electron chi connectivity index (χ3n) is 5.88. The molecule has 3 aromatic rings. The molecule has 2 fully saturated rings. The van der Waals surface area contributed by atoms with Gasteiger partial charge in [-0.3, -0.25) is 0 Å². The summed E-state index contributed by atoms with van der Waals surface area (Å²) < 4.78 is 2.17. The Kier molecular flexibility index (Phi) is 4.02. The number of aromatic nitrogens is 4. The molecular weight excluding hydrogens is 352 g/mol. The molecule has 142 valence electrons. The molecule has 1 aromatic carbocycles. The van der Waals surface area contributed by atoms with Crippen LogP contribution in [-0.4, -0.2) is 49.9 Å². The van der Waals surface area contributed by atoms with E-state index >= 15 is 0 Å². The van der Waals surface area contributed by atoms with E-state index < -0.39 is 0 Å². The van der Waals surface area contributed by atoms with E-state index in [1.807, 2.05) is 6.33 Å². The first-order chi connectivity index (χ1) is 13.7. The molecule has 2 aromatic heterocycles. The summed E-state index contributed by atoms with van der Waals surface area (Å²) in [5.41, 5.74) is 4.52. The zero-order valence-electron chi connectivity index (χ0n) is 15.8. The second-order valence-electron chi connectivity index (χ2n) is 7.96. The second-order valence-corrected chi connectivity index (χ2v) is 7.96. The number of phenols is 1. The molecule has 7 nitrogen and oxygen atoms in total. The molecule has 7 heteroatoms. The zero-order chi connectivity index (χ0) is 19.3. The third-order valence-corrected chi connectivity index (χ3v) is 5.88. The van der Waals surface area contributed by atoms with E-state index in [0.29, 0.717) is 28.8 Å². The van der Waals surface area contributed by atoms with E-state index in [4.69, 9.17) is 10.2 Å².